The SMILES string of the molecule is C=CCSCCNC(C)Cc1ccccc1OC. The zero-order valence-electron chi connectivity index (χ0n) is 11.3. The predicted molar refractivity (Wildman–Crippen MR) is 81.7 cm³/mol. The van der Waals surface area contributed by atoms with Gasteiger partial charge in [-0.2, -0.15) is 11.8 Å². The number of rotatable bonds is 9. The van der Waals surface area contributed by atoms with Crippen LogP contribution in [0.1, 0.15) is 12.5 Å². The molecule has 18 heavy (non-hydrogen) atoms. The minimum Gasteiger partial charge on any atom is -0.496 e. The van der Waals surface area contributed by atoms with Crippen molar-refractivity contribution in [3.63, 3.8) is 0 Å². The standard InChI is InChI=1S/C15H23NOS/c1-4-10-18-11-9-16-13(2)12-14-7-5-6-8-15(14)17-3/h4-8,13,16H,1,9-12H2,2-3H3. The highest BCUT2D eigenvalue weighted by atomic mass is 32.2. The monoisotopic (exact) mass is 265 g/mol. The first kappa shape index (κ1) is 15.1. The topological polar surface area (TPSA) is 21.3 Å². The van der Waals surface area contributed by atoms with Crippen LogP contribution >= 0.6 is 11.8 Å². The van der Waals surface area contributed by atoms with E-state index in [-0.39, 0.29) is 0 Å². The summed E-state index contributed by atoms with van der Waals surface area (Å²) in [5.41, 5.74) is 1.26. The second-order valence-corrected chi connectivity index (χ2v) is 5.38. The Morgan fingerprint density at radius 1 is 1.44 bits per heavy atom. The van der Waals surface area contributed by atoms with Crippen LogP contribution < -0.4 is 10.1 Å². The van der Waals surface area contributed by atoms with Crippen molar-refractivity contribution < 1.29 is 4.74 Å². The Bertz CT molecular complexity index is 354. The van der Waals surface area contributed by atoms with Crippen molar-refractivity contribution in [2.75, 3.05) is 25.2 Å². The van der Waals surface area contributed by atoms with Crippen LogP contribution in [0.4, 0.5) is 0 Å². The fourth-order valence-electron chi connectivity index (χ4n) is 1.82. The molecule has 1 unspecified atom stereocenters. The lowest BCUT2D eigenvalue weighted by Crippen LogP contribution is -2.30. The van der Waals surface area contributed by atoms with E-state index in [1.54, 1.807) is 7.11 Å². The molecule has 0 aliphatic rings. The molecule has 0 amide bonds. The van der Waals surface area contributed by atoms with Crippen LogP contribution in [0.5, 0.6) is 5.75 Å². The number of methoxy groups -OCH3 is 1. The maximum Gasteiger partial charge on any atom is 0.122 e. The summed E-state index contributed by atoms with van der Waals surface area (Å²) in [5.74, 6) is 3.14. The Hall–Kier alpha value is -0.930. The zero-order chi connectivity index (χ0) is 13.2. The van der Waals surface area contributed by atoms with Crippen LogP contribution in [0.15, 0.2) is 36.9 Å². The first-order valence-electron chi connectivity index (χ1n) is 6.31. The Morgan fingerprint density at radius 2 is 2.22 bits per heavy atom. The fraction of sp³-hybridized carbons (Fsp3) is 0.467. The van der Waals surface area contributed by atoms with E-state index >= 15 is 0 Å². The van der Waals surface area contributed by atoms with Crippen molar-refractivity contribution in [1.82, 2.24) is 5.32 Å². The molecule has 0 aliphatic heterocycles. The Balaban J connectivity index is 2.30. The number of hydrogen-bond donors (Lipinski definition) is 1. The van der Waals surface area contributed by atoms with Gasteiger partial charge in [-0.15, -0.1) is 6.58 Å². The minimum absolute atomic E-state index is 0.464. The number of nitrogens with one attached hydrogen (secondary N) is 1. The van der Waals surface area contributed by atoms with E-state index in [1.807, 2.05) is 30.0 Å². The summed E-state index contributed by atoms with van der Waals surface area (Å²) in [6.45, 7) is 6.96. The van der Waals surface area contributed by atoms with Gasteiger partial charge in [0.25, 0.3) is 0 Å². The van der Waals surface area contributed by atoms with E-state index in [2.05, 4.69) is 31.0 Å². The maximum absolute atomic E-state index is 5.36. The van der Waals surface area contributed by atoms with Gasteiger partial charge in [0, 0.05) is 24.1 Å². The molecule has 1 N–H and O–H groups in total. The average Bonchev–Trinajstić information content (AvgIpc) is 2.39. The number of benzene rings is 1. The normalized spacial score (nSPS) is 12.1. The van der Waals surface area contributed by atoms with Gasteiger partial charge >= 0.3 is 0 Å². The third-order valence-electron chi connectivity index (χ3n) is 2.69. The van der Waals surface area contributed by atoms with Gasteiger partial charge in [0.05, 0.1) is 7.11 Å². The summed E-state index contributed by atoms with van der Waals surface area (Å²) in [5, 5.41) is 3.53. The zero-order valence-corrected chi connectivity index (χ0v) is 12.1. The molecule has 3 heteroatoms. The van der Waals surface area contributed by atoms with Gasteiger partial charge in [0.2, 0.25) is 0 Å². The molecule has 0 heterocycles. The van der Waals surface area contributed by atoms with E-state index in [0.717, 1.165) is 30.2 Å². The van der Waals surface area contributed by atoms with Gasteiger partial charge in [-0.3, -0.25) is 0 Å². The highest BCUT2D eigenvalue weighted by Gasteiger charge is 2.06. The van der Waals surface area contributed by atoms with E-state index in [4.69, 9.17) is 4.74 Å². The summed E-state index contributed by atoms with van der Waals surface area (Å²) >= 11 is 1.90. The van der Waals surface area contributed by atoms with Crippen LogP contribution in [0.2, 0.25) is 0 Å². The van der Waals surface area contributed by atoms with Crippen molar-refractivity contribution in [1.29, 1.82) is 0 Å². The van der Waals surface area contributed by atoms with Crippen LogP contribution in [0.25, 0.3) is 0 Å². The molecule has 0 aliphatic carbocycles. The smallest absolute Gasteiger partial charge is 0.122 e. The van der Waals surface area contributed by atoms with Crippen molar-refractivity contribution >= 4 is 11.8 Å². The molecule has 2 nitrogen and oxygen atoms in total. The third kappa shape index (κ3) is 5.61. The highest BCUT2D eigenvalue weighted by molar-refractivity contribution is 7.99. The summed E-state index contributed by atoms with van der Waals surface area (Å²) in [4.78, 5) is 0. The van der Waals surface area contributed by atoms with Crippen LogP contribution in [-0.4, -0.2) is 31.2 Å². The van der Waals surface area contributed by atoms with Crippen LogP contribution in [0.3, 0.4) is 0 Å². The summed E-state index contributed by atoms with van der Waals surface area (Å²) in [6.07, 6.45) is 2.94. The number of thioether (sulfide) groups is 1. The number of ether oxygens (including phenoxy) is 1. The maximum atomic E-state index is 5.36. The van der Waals surface area contributed by atoms with Crippen LogP contribution in [0, 0.1) is 0 Å². The predicted octanol–water partition coefficient (Wildman–Crippen LogP) is 3.14. The molecule has 0 radical (unpaired) electrons. The summed E-state index contributed by atoms with van der Waals surface area (Å²) in [7, 11) is 1.73. The molecule has 0 fully saturated rings. The number of para-hydroxylation sites is 1. The van der Waals surface area contributed by atoms with Crippen LogP contribution in [-0.2, 0) is 6.42 Å². The number of hydrogen-bond acceptors (Lipinski definition) is 3. The Labute approximate surface area is 115 Å². The third-order valence-corrected chi connectivity index (χ3v) is 3.66. The molecule has 100 valence electrons. The van der Waals surface area contributed by atoms with Gasteiger partial charge in [0.15, 0.2) is 0 Å². The molecule has 0 saturated heterocycles. The minimum atomic E-state index is 0.464. The van der Waals surface area contributed by atoms with Gasteiger partial charge in [0.1, 0.15) is 5.75 Å². The molecule has 1 aromatic carbocycles. The quantitative estimate of drug-likeness (QED) is 0.547. The van der Waals surface area contributed by atoms with Gasteiger partial charge in [-0.05, 0) is 25.0 Å². The summed E-state index contributed by atoms with van der Waals surface area (Å²) < 4.78 is 5.36. The first-order chi connectivity index (χ1) is 8.77. The summed E-state index contributed by atoms with van der Waals surface area (Å²) in [6, 6.07) is 8.67. The van der Waals surface area contributed by atoms with Gasteiger partial charge in [-0.1, -0.05) is 24.3 Å². The van der Waals surface area contributed by atoms with E-state index < -0.39 is 0 Å². The Morgan fingerprint density at radius 3 is 2.94 bits per heavy atom. The molecule has 1 atom stereocenters. The van der Waals surface area contributed by atoms with Gasteiger partial charge in [-0.25, -0.2) is 0 Å². The second-order valence-electron chi connectivity index (χ2n) is 4.23. The van der Waals surface area contributed by atoms with Gasteiger partial charge < -0.3 is 10.1 Å². The lowest BCUT2D eigenvalue weighted by Gasteiger charge is -2.15. The van der Waals surface area contributed by atoms with E-state index in [0.29, 0.717) is 6.04 Å². The molecule has 0 aromatic heterocycles. The first-order valence-corrected chi connectivity index (χ1v) is 7.47. The molecular formula is C15H23NOS. The second kappa shape index (κ2) is 9.06. The van der Waals surface area contributed by atoms with Crippen molar-refractivity contribution in [3.8, 4) is 5.75 Å². The average molecular weight is 265 g/mol. The Kier molecular flexibility index (Phi) is 7.62. The largest absolute Gasteiger partial charge is 0.496 e. The fourth-order valence-corrected chi connectivity index (χ4v) is 2.41. The van der Waals surface area contributed by atoms with E-state index in [9.17, 15) is 0 Å². The van der Waals surface area contributed by atoms with Crippen molar-refractivity contribution in [2.45, 2.75) is 19.4 Å². The molecule has 1 rings (SSSR count). The molecule has 0 spiro atoms. The molecule has 0 saturated carbocycles. The molecule has 1 aromatic rings. The lowest BCUT2D eigenvalue weighted by molar-refractivity contribution is 0.406. The lowest BCUT2D eigenvalue weighted by atomic mass is 10.1. The van der Waals surface area contributed by atoms with Crippen molar-refractivity contribution in [3.05, 3.63) is 42.5 Å². The highest BCUT2D eigenvalue weighted by Crippen LogP contribution is 2.18. The molecule has 0 bridgehead atoms. The van der Waals surface area contributed by atoms with E-state index in [1.165, 1.54) is 5.56 Å². The van der Waals surface area contributed by atoms with Crippen molar-refractivity contribution in [2.24, 2.45) is 0 Å². The molecular weight excluding hydrogens is 242 g/mol.